The summed E-state index contributed by atoms with van der Waals surface area (Å²) in [5.41, 5.74) is 2.79. The molecule has 4 heterocycles. The van der Waals surface area contributed by atoms with Crippen LogP contribution in [0.25, 0.3) is 10.9 Å². The quantitative estimate of drug-likeness (QED) is 0.582. The van der Waals surface area contributed by atoms with Crippen molar-refractivity contribution >= 4 is 17.0 Å². The van der Waals surface area contributed by atoms with Crippen molar-refractivity contribution in [1.29, 1.82) is 0 Å². The van der Waals surface area contributed by atoms with Crippen LogP contribution in [0.1, 0.15) is 24.1 Å². The molecule has 9 nitrogen and oxygen atoms in total. The minimum Gasteiger partial charge on any atom is -0.486 e. The number of hydrogen-bond acceptors (Lipinski definition) is 6. The SMILES string of the molecule is Cn1c(=O)ccc2cccc(CCN3CCC(N(Cc4cc5c(cn4)OCCO5)C(=O)O)CC3)c21. The van der Waals surface area contributed by atoms with Crippen molar-refractivity contribution < 1.29 is 19.4 Å². The van der Waals surface area contributed by atoms with E-state index >= 15 is 0 Å². The number of carboxylic acid groups (broad SMARTS) is 1. The zero-order valence-corrected chi connectivity index (χ0v) is 19.9. The van der Waals surface area contributed by atoms with Gasteiger partial charge in [-0.3, -0.25) is 14.7 Å². The highest BCUT2D eigenvalue weighted by molar-refractivity contribution is 5.82. The maximum atomic E-state index is 12.1. The third kappa shape index (κ3) is 4.95. The number of fused-ring (bicyclic) bond motifs is 2. The summed E-state index contributed by atoms with van der Waals surface area (Å²) in [7, 11) is 1.82. The van der Waals surface area contributed by atoms with Crippen LogP contribution >= 0.6 is 0 Å². The fourth-order valence-electron chi connectivity index (χ4n) is 5.08. The van der Waals surface area contributed by atoms with Crippen molar-refractivity contribution in [3.05, 3.63) is 64.2 Å². The second-order valence-electron chi connectivity index (χ2n) is 9.14. The van der Waals surface area contributed by atoms with Gasteiger partial charge in [0, 0.05) is 44.9 Å². The molecule has 35 heavy (non-hydrogen) atoms. The number of piperidine rings is 1. The molecular weight excluding hydrogens is 448 g/mol. The summed E-state index contributed by atoms with van der Waals surface area (Å²) in [5.74, 6) is 1.22. The van der Waals surface area contributed by atoms with E-state index in [1.165, 1.54) is 4.90 Å². The van der Waals surface area contributed by atoms with Crippen LogP contribution in [-0.2, 0) is 20.0 Å². The molecule has 0 spiro atoms. The molecule has 1 N–H and O–H groups in total. The van der Waals surface area contributed by atoms with E-state index in [1.54, 1.807) is 22.9 Å². The lowest BCUT2D eigenvalue weighted by molar-refractivity contribution is 0.0861. The number of rotatable bonds is 6. The largest absolute Gasteiger partial charge is 0.486 e. The summed E-state index contributed by atoms with van der Waals surface area (Å²) in [4.78, 5) is 32.4. The summed E-state index contributed by atoms with van der Waals surface area (Å²) < 4.78 is 12.8. The molecule has 0 aliphatic carbocycles. The predicted octanol–water partition coefficient (Wildman–Crippen LogP) is 2.89. The Morgan fingerprint density at radius 3 is 2.69 bits per heavy atom. The smallest absolute Gasteiger partial charge is 0.407 e. The third-order valence-electron chi connectivity index (χ3n) is 6.98. The molecule has 2 aliphatic rings. The van der Waals surface area contributed by atoms with Crippen LogP contribution < -0.4 is 15.0 Å². The first kappa shape index (κ1) is 23.2. The molecule has 0 bridgehead atoms. The summed E-state index contributed by atoms with van der Waals surface area (Å²) in [5, 5.41) is 11.0. The number of hydrogen-bond donors (Lipinski definition) is 1. The third-order valence-corrected chi connectivity index (χ3v) is 6.98. The predicted molar refractivity (Wildman–Crippen MR) is 131 cm³/mol. The van der Waals surface area contributed by atoms with E-state index < -0.39 is 6.09 Å². The number of para-hydroxylation sites is 1. The van der Waals surface area contributed by atoms with E-state index in [9.17, 15) is 14.7 Å². The maximum Gasteiger partial charge on any atom is 0.407 e. The topological polar surface area (TPSA) is 97.1 Å². The van der Waals surface area contributed by atoms with Gasteiger partial charge in [-0.2, -0.15) is 0 Å². The number of carbonyl (C=O) groups is 1. The fraction of sp³-hybridized carbons (Fsp3) is 0.423. The van der Waals surface area contributed by atoms with Crippen LogP contribution in [0.15, 0.2) is 47.4 Å². The Bertz CT molecular complexity index is 1280. The molecule has 0 atom stereocenters. The molecule has 1 saturated heterocycles. The van der Waals surface area contributed by atoms with Gasteiger partial charge in [0.2, 0.25) is 0 Å². The Hall–Kier alpha value is -3.59. The van der Waals surface area contributed by atoms with Crippen molar-refractivity contribution in [3.8, 4) is 11.5 Å². The number of nitrogens with zero attached hydrogens (tertiary/aromatic N) is 4. The average Bonchev–Trinajstić information content (AvgIpc) is 2.88. The molecule has 0 radical (unpaired) electrons. The van der Waals surface area contributed by atoms with Crippen molar-refractivity contribution in [2.75, 3.05) is 32.8 Å². The van der Waals surface area contributed by atoms with Gasteiger partial charge in [-0.1, -0.05) is 18.2 Å². The minimum atomic E-state index is -0.934. The first-order valence-electron chi connectivity index (χ1n) is 12.0. The van der Waals surface area contributed by atoms with E-state index in [-0.39, 0.29) is 18.1 Å². The fourth-order valence-corrected chi connectivity index (χ4v) is 5.08. The second-order valence-corrected chi connectivity index (χ2v) is 9.14. The molecule has 2 aliphatic heterocycles. The van der Waals surface area contributed by atoms with Gasteiger partial charge in [0.25, 0.3) is 5.56 Å². The maximum absolute atomic E-state index is 12.1. The highest BCUT2D eigenvalue weighted by atomic mass is 16.6. The zero-order chi connectivity index (χ0) is 24.4. The van der Waals surface area contributed by atoms with Crippen molar-refractivity contribution in [1.82, 2.24) is 19.4 Å². The number of likely N-dealkylation sites (tertiary alicyclic amines) is 1. The van der Waals surface area contributed by atoms with Crippen LogP contribution in [-0.4, -0.2) is 69.4 Å². The van der Waals surface area contributed by atoms with Gasteiger partial charge in [-0.25, -0.2) is 4.79 Å². The molecule has 3 aromatic rings. The van der Waals surface area contributed by atoms with Gasteiger partial charge in [0.1, 0.15) is 13.2 Å². The van der Waals surface area contributed by atoms with Gasteiger partial charge in [0.05, 0.1) is 24.0 Å². The number of ether oxygens (including phenoxy) is 2. The highest BCUT2D eigenvalue weighted by Crippen LogP contribution is 2.30. The summed E-state index contributed by atoms with van der Waals surface area (Å²) in [6.07, 6.45) is 3.05. The summed E-state index contributed by atoms with van der Waals surface area (Å²) >= 11 is 0. The van der Waals surface area contributed by atoms with Gasteiger partial charge >= 0.3 is 6.09 Å². The lowest BCUT2D eigenvalue weighted by Crippen LogP contribution is -2.47. The average molecular weight is 479 g/mol. The standard InChI is InChI=1S/C26H30N4O5/c1-28-24(31)6-5-18-3-2-4-19(25(18)28)7-10-29-11-8-21(9-12-29)30(26(32)33)17-20-15-22-23(16-27-20)35-14-13-34-22/h2-6,15-16,21H,7-14,17H2,1H3,(H,32,33). The van der Waals surface area contributed by atoms with Crippen LogP contribution in [0, 0.1) is 0 Å². The first-order chi connectivity index (χ1) is 17.0. The minimum absolute atomic E-state index is 0.00738. The Kier molecular flexibility index (Phi) is 6.59. The van der Waals surface area contributed by atoms with E-state index in [2.05, 4.69) is 16.0 Å². The Morgan fingerprint density at radius 1 is 1.14 bits per heavy atom. The van der Waals surface area contributed by atoms with Crippen molar-refractivity contribution in [2.24, 2.45) is 7.05 Å². The van der Waals surface area contributed by atoms with Gasteiger partial charge in [-0.05, 0) is 36.3 Å². The van der Waals surface area contributed by atoms with Crippen LogP contribution in [0.5, 0.6) is 11.5 Å². The lowest BCUT2D eigenvalue weighted by Gasteiger charge is -2.37. The van der Waals surface area contributed by atoms with Crippen molar-refractivity contribution in [2.45, 2.75) is 31.8 Å². The molecule has 1 aromatic carbocycles. The Morgan fingerprint density at radius 2 is 1.91 bits per heavy atom. The van der Waals surface area contributed by atoms with E-state index in [0.717, 1.165) is 55.4 Å². The van der Waals surface area contributed by atoms with E-state index in [0.29, 0.717) is 30.4 Å². The molecule has 1 amide bonds. The monoisotopic (exact) mass is 478 g/mol. The molecule has 0 unspecified atom stereocenters. The molecule has 1 fully saturated rings. The van der Waals surface area contributed by atoms with Crippen molar-refractivity contribution in [3.63, 3.8) is 0 Å². The second kappa shape index (κ2) is 9.95. The highest BCUT2D eigenvalue weighted by Gasteiger charge is 2.28. The normalized spacial score (nSPS) is 16.4. The van der Waals surface area contributed by atoms with Crippen LogP contribution in [0.2, 0.25) is 0 Å². The van der Waals surface area contributed by atoms with E-state index in [4.69, 9.17) is 9.47 Å². The number of pyridine rings is 2. The molecule has 184 valence electrons. The van der Waals surface area contributed by atoms with Crippen LogP contribution in [0.4, 0.5) is 4.79 Å². The van der Waals surface area contributed by atoms with Gasteiger partial charge in [0.15, 0.2) is 11.5 Å². The molecule has 9 heteroatoms. The zero-order valence-electron chi connectivity index (χ0n) is 19.9. The number of amides is 1. The Balaban J connectivity index is 1.20. The van der Waals surface area contributed by atoms with Crippen LogP contribution in [0.3, 0.4) is 0 Å². The van der Waals surface area contributed by atoms with Gasteiger partial charge < -0.3 is 24.0 Å². The number of benzene rings is 1. The summed E-state index contributed by atoms with van der Waals surface area (Å²) in [6.45, 7) is 3.71. The Labute approximate surface area is 203 Å². The lowest BCUT2D eigenvalue weighted by atomic mass is 10.0. The molecule has 5 rings (SSSR count). The van der Waals surface area contributed by atoms with Gasteiger partial charge in [-0.15, -0.1) is 0 Å². The molecule has 0 saturated carbocycles. The number of aromatic nitrogens is 2. The van der Waals surface area contributed by atoms with E-state index in [1.807, 2.05) is 25.2 Å². The molecular formula is C26H30N4O5. The number of aryl methyl sites for hydroxylation is 1. The summed E-state index contributed by atoms with van der Waals surface area (Å²) in [6, 6.07) is 11.3. The first-order valence-corrected chi connectivity index (χ1v) is 12.0. The molecule has 2 aromatic heterocycles.